The van der Waals surface area contributed by atoms with E-state index in [1.807, 2.05) is 32.0 Å². The lowest BCUT2D eigenvalue weighted by Crippen LogP contribution is -2.38. The molecule has 0 saturated carbocycles. The van der Waals surface area contributed by atoms with Gasteiger partial charge in [-0.2, -0.15) is 0 Å². The molecule has 6 nitrogen and oxygen atoms in total. The highest BCUT2D eigenvalue weighted by molar-refractivity contribution is 5.75. The quantitative estimate of drug-likeness (QED) is 0.742. The lowest BCUT2D eigenvalue weighted by Gasteiger charge is -2.18. The molecule has 0 fully saturated rings. The molecule has 1 aromatic rings. The number of ether oxygens (including phenoxy) is 1. The van der Waals surface area contributed by atoms with Crippen molar-refractivity contribution in [2.75, 3.05) is 13.7 Å². The van der Waals surface area contributed by atoms with Gasteiger partial charge in [0.15, 0.2) is 0 Å². The van der Waals surface area contributed by atoms with Gasteiger partial charge in [-0.15, -0.1) is 0 Å². The molecule has 0 saturated heterocycles. The minimum Gasteiger partial charge on any atom is -0.496 e. The first-order chi connectivity index (χ1) is 9.43. The Kier molecular flexibility index (Phi) is 5.83. The van der Waals surface area contributed by atoms with Gasteiger partial charge in [0.2, 0.25) is 0 Å². The van der Waals surface area contributed by atoms with Gasteiger partial charge < -0.3 is 20.5 Å². The largest absolute Gasteiger partial charge is 0.496 e. The van der Waals surface area contributed by atoms with E-state index in [-0.39, 0.29) is 19.0 Å². The molecule has 0 radical (unpaired) electrons. The number of hydrogen-bond acceptors (Lipinski definition) is 3. The SMILES string of the molecule is COc1ccc(C)cc1C(C)NC(=O)NCCC(=O)O. The molecule has 1 aromatic carbocycles. The Bertz CT molecular complexity index is 488. The molecule has 1 atom stereocenters. The fourth-order valence-electron chi connectivity index (χ4n) is 1.80. The number of aryl methyl sites for hydroxylation is 1. The van der Waals surface area contributed by atoms with E-state index >= 15 is 0 Å². The van der Waals surface area contributed by atoms with Crippen molar-refractivity contribution in [3.63, 3.8) is 0 Å². The second-order valence-corrected chi connectivity index (χ2v) is 4.51. The smallest absolute Gasteiger partial charge is 0.315 e. The first kappa shape index (κ1) is 15.8. The number of methoxy groups -OCH3 is 1. The van der Waals surface area contributed by atoms with Crippen LogP contribution in [0.1, 0.15) is 30.5 Å². The number of amides is 2. The van der Waals surface area contributed by atoms with Gasteiger partial charge in [-0.1, -0.05) is 17.7 Å². The number of carboxylic acid groups (broad SMARTS) is 1. The third-order valence-electron chi connectivity index (χ3n) is 2.82. The number of urea groups is 1. The van der Waals surface area contributed by atoms with Gasteiger partial charge in [-0.25, -0.2) is 4.79 Å². The number of hydrogen-bond donors (Lipinski definition) is 3. The van der Waals surface area contributed by atoms with Gasteiger partial charge in [-0.05, 0) is 19.9 Å². The van der Waals surface area contributed by atoms with Crippen molar-refractivity contribution in [3.8, 4) is 5.75 Å². The third kappa shape index (κ3) is 4.79. The lowest BCUT2D eigenvalue weighted by molar-refractivity contribution is -0.136. The number of carbonyl (C=O) groups is 2. The standard InChI is InChI=1S/C14H20N2O4/c1-9-4-5-12(20-3)11(8-9)10(2)16-14(19)15-7-6-13(17)18/h4-5,8,10H,6-7H2,1-3H3,(H,17,18)(H2,15,16,19). The highest BCUT2D eigenvalue weighted by Gasteiger charge is 2.14. The minimum absolute atomic E-state index is 0.0961. The zero-order valence-corrected chi connectivity index (χ0v) is 11.9. The van der Waals surface area contributed by atoms with E-state index in [1.54, 1.807) is 7.11 Å². The molecule has 0 aliphatic heterocycles. The van der Waals surface area contributed by atoms with Crippen molar-refractivity contribution in [2.45, 2.75) is 26.3 Å². The number of carbonyl (C=O) groups excluding carboxylic acids is 1. The van der Waals surface area contributed by atoms with Crippen LogP contribution in [0.2, 0.25) is 0 Å². The van der Waals surface area contributed by atoms with Gasteiger partial charge >= 0.3 is 12.0 Å². The molecule has 0 heterocycles. The first-order valence-corrected chi connectivity index (χ1v) is 6.34. The van der Waals surface area contributed by atoms with Crippen LogP contribution in [0.25, 0.3) is 0 Å². The molecule has 110 valence electrons. The van der Waals surface area contributed by atoms with Crippen LogP contribution in [0.15, 0.2) is 18.2 Å². The van der Waals surface area contributed by atoms with Crippen LogP contribution in [0.4, 0.5) is 4.79 Å². The van der Waals surface area contributed by atoms with Gasteiger partial charge in [0, 0.05) is 12.1 Å². The van der Waals surface area contributed by atoms with Crippen LogP contribution in [-0.2, 0) is 4.79 Å². The fraction of sp³-hybridized carbons (Fsp3) is 0.429. The van der Waals surface area contributed by atoms with E-state index in [0.29, 0.717) is 5.75 Å². The fourth-order valence-corrected chi connectivity index (χ4v) is 1.80. The molecule has 2 amide bonds. The van der Waals surface area contributed by atoms with Crippen molar-refractivity contribution < 1.29 is 19.4 Å². The van der Waals surface area contributed by atoms with Crippen LogP contribution in [-0.4, -0.2) is 30.8 Å². The Hall–Kier alpha value is -2.24. The topological polar surface area (TPSA) is 87.7 Å². The number of rotatable bonds is 6. The normalized spacial score (nSPS) is 11.6. The number of aliphatic carboxylic acids is 1. The third-order valence-corrected chi connectivity index (χ3v) is 2.82. The summed E-state index contributed by atoms with van der Waals surface area (Å²) in [5.74, 6) is -0.243. The van der Waals surface area contributed by atoms with Crippen LogP contribution in [0.5, 0.6) is 5.75 Å². The van der Waals surface area contributed by atoms with E-state index in [4.69, 9.17) is 9.84 Å². The summed E-state index contributed by atoms with van der Waals surface area (Å²) in [6.45, 7) is 3.90. The van der Waals surface area contributed by atoms with Crippen molar-refractivity contribution in [1.29, 1.82) is 0 Å². The van der Waals surface area contributed by atoms with Crippen LogP contribution in [0.3, 0.4) is 0 Å². The average Bonchev–Trinajstić information content (AvgIpc) is 2.38. The highest BCUT2D eigenvalue weighted by atomic mass is 16.5. The van der Waals surface area contributed by atoms with E-state index in [0.717, 1.165) is 11.1 Å². The van der Waals surface area contributed by atoms with Crippen LogP contribution >= 0.6 is 0 Å². The molecule has 0 bridgehead atoms. The van der Waals surface area contributed by atoms with Crippen molar-refractivity contribution in [3.05, 3.63) is 29.3 Å². The summed E-state index contributed by atoms with van der Waals surface area (Å²) in [7, 11) is 1.58. The molecule has 6 heteroatoms. The molecular formula is C14H20N2O4. The maximum Gasteiger partial charge on any atom is 0.315 e. The Balaban J connectivity index is 2.61. The van der Waals surface area contributed by atoms with E-state index in [2.05, 4.69) is 10.6 Å². The summed E-state index contributed by atoms with van der Waals surface area (Å²) in [5.41, 5.74) is 1.95. The van der Waals surface area contributed by atoms with Gasteiger partial charge in [0.25, 0.3) is 0 Å². The minimum atomic E-state index is -0.946. The summed E-state index contributed by atoms with van der Waals surface area (Å²) >= 11 is 0. The molecule has 0 aliphatic carbocycles. The lowest BCUT2D eigenvalue weighted by atomic mass is 10.0. The van der Waals surface area contributed by atoms with E-state index < -0.39 is 12.0 Å². The second kappa shape index (κ2) is 7.37. The Labute approximate surface area is 118 Å². The summed E-state index contributed by atoms with van der Waals surface area (Å²) in [4.78, 5) is 22.0. The van der Waals surface area contributed by atoms with Crippen LogP contribution < -0.4 is 15.4 Å². The Morgan fingerprint density at radius 2 is 2.10 bits per heavy atom. The second-order valence-electron chi connectivity index (χ2n) is 4.51. The van der Waals surface area contributed by atoms with Crippen LogP contribution in [0, 0.1) is 6.92 Å². The van der Waals surface area contributed by atoms with Gasteiger partial charge in [0.1, 0.15) is 5.75 Å². The number of nitrogens with one attached hydrogen (secondary N) is 2. The number of benzene rings is 1. The summed E-state index contributed by atoms with van der Waals surface area (Å²) in [5, 5.41) is 13.7. The molecule has 20 heavy (non-hydrogen) atoms. The molecular weight excluding hydrogens is 260 g/mol. The van der Waals surface area contributed by atoms with Crippen molar-refractivity contribution in [2.24, 2.45) is 0 Å². The molecule has 0 spiro atoms. The maximum atomic E-state index is 11.6. The van der Waals surface area contributed by atoms with Crippen molar-refractivity contribution in [1.82, 2.24) is 10.6 Å². The van der Waals surface area contributed by atoms with Crippen molar-refractivity contribution >= 4 is 12.0 Å². The molecule has 0 aromatic heterocycles. The average molecular weight is 280 g/mol. The van der Waals surface area contributed by atoms with Gasteiger partial charge in [0.05, 0.1) is 19.6 Å². The monoisotopic (exact) mass is 280 g/mol. The first-order valence-electron chi connectivity index (χ1n) is 6.34. The Morgan fingerprint density at radius 1 is 1.40 bits per heavy atom. The van der Waals surface area contributed by atoms with E-state index in [9.17, 15) is 9.59 Å². The summed E-state index contributed by atoms with van der Waals surface area (Å²) in [6, 6.07) is 5.09. The predicted molar refractivity (Wildman–Crippen MR) is 74.9 cm³/mol. The zero-order chi connectivity index (χ0) is 15.1. The van der Waals surface area contributed by atoms with E-state index in [1.165, 1.54) is 0 Å². The molecule has 1 rings (SSSR count). The molecule has 0 aliphatic rings. The number of carboxylic acids is 1. The Morgan fingerprint density at radius 3 is 2.70 bits per heavy atom. The summed E-state index contributed by atoms with van der Waals surface area (Å²) in [6.07, 6.45) is -0.102. The maximum absolute atomic E-state index is 11.6. The van der Waals surface area contributed by atoms with Gasteiger partial charge in [-0.3, -0.25) is 4.79 Å². The predicted octanol–water partition coefficient (Wildman–Crippen LogP) is 1.84. The molecule has 1 unspecified atom stereocenters. The zero-order valence-electron chi connectivity index (χ0n) is 11.9. The highest BCUT2D eigenvalue weighted by Crippen LogP contribution is 2.25. The summed E-state index contributed by atoms with van der Waals surface area (Å²) < 4.78 is 5.27. The molecule has 3 N–H and O–H groups in total.